The summed E-state index contributed by atoms with van der Waals surface area (Å²) in [4.78, 5) is 4.09. The van der Waals surface area contributed by atoms with Gasteiger partial charge < -0.3 is 5.32 Å². The normalized spacial score (nSPS) is 14.0. The van der Waals surface area contributed by atoms with Crippen LogP contribution in [-0.4, -0.2) is 11.5 Å². The third-order valence-electron chi connectivity index (χ3n) is 3.45. The predicted octanol–water partition coefficient (Wildman–Crippen LogP) is 4.79. The Morgan fingerprint density at radius 3 is 2.60 bits per heavy atom. The van der Waals surface area contributed by atoms with Gasteiger partial charge in [0, 0.05) is 32.9 Å². The molecule has 0 radical (unpaired) electrons. The van der Waals surface area contributed by atoms with Gasteiger partial charge in [-0.2, -0.15) is 0 Å². The smallest absolute Gasteiger partial charge is 0.0410 e. The van der Waals surface area contributed by atoms with Gasteiger partial charge in [0.1, 0.15) is 0 Å². The first-order valence-corrected chi connectivity index (χ1v) is 8.17. The maximum absolute atomic E-state index is 6.17. The van der Waals surface area contributed by atoms with Crippen LogP contribution >= 0.6 is 34.2 Å². The van der Waals surface area contributed by atoms with E-state index in [4.69, 9.17) is 11.6 Å². The van der Waals surface area contributed by atoms with Crippen LogP contribution in [0, 0.1) is 3.57 Å². The molecule has 2 rings (SSSR count). The molecule has 0 aliphatic heterocycles. The van der Waals surface area contributed by atoms with Crippen molar-refractivity contribution in [2.75, 3.05) is 6.54 Å². The molecule has 0 aliphatic carbocycles. The van der Waals surface area contributed by atoms with Crippen LogP contribution in [0.25, 0.3) is 0 Å². The molecule has 2 nitrogen and oxygen atoms in total. The van der Waals surface area contributed by atoms with Crippen molar-refractivity contribution < 1.29 is 0 Å². The average Bonchev–Trinajstić information content (AvgIpc) is 2.48. The highest BCUT2D eigenvalue weighted by molar-refractivity contribution is 14.1. The van der Waals surface area contributed by atoms with Crippen LogP contribution in [0.15, 0.2) is 42.7 Å². The molecule has 106 valence electrons. The first-order chi connectivity index (χ1) is 9.63. The zero-order valence-corrected chi connectivity index (χ0v) is 14.5. The molecule has 2 atom stereocenters. The molecule has 20 heavy (non-hydrogen) atoms. The minimum atomic E-state index is 0.244. The SMILES string of the molecule is CCNC(c1cc(Cl)ccc1I)C(C)c1ccncc1. The Kier molecular flexibility index (Phi) is 5.81. The molecular weight excluding hydrogens is 383 g/mol. The number of nitrogens with one attached hydrogen (secondary N) is 1. The fourth-order valence-electron chi connectivity index (χ4n) is 2.39. The van der Waals surface area contributed by atoms with Crippen molar-refractivity contribution in [3.63, 3.8) is 0 Å². The second-order valence-electron chi connectivity index (χ2n) is 4.77. The lowest BCUT2D eigenvalue weighted by Gasteiger charge is -2.27. The van der Waals surface area contributed by atoms with Gasteiger partial charge in [0.2, 0.25) is 0 Å². The van der Waals surface area contributed by atoms with Crippen LogP contribution < -0.4 is 5.32 Å². The number of likely N-dealkylation sites (N-methyl/N-ethyl adjacent to an activating group) is 1. The van der Waals surface area contributed by atoms with E-state index in [1.54, 1.807) is 0 Å². The Morgan fingerprint density at radius 2 is 1.95 bits per heavy atom. The molecule has 0 aliphatic rings. The maximum atomic E-state index is 6.17. The summed E-state index contributed by atoms with van der Waals surface area (Å²) in [5.74, 6) is 0.352. The van der Waals surface area contributed by atoms with Gasteiger partial charge >= 0.3 is 0 Å². The molecule has 0 saturated carbocycles. The van der Waals surface area contributed by atoms with Gasteiger partial charge in [-0.05, 0) is 70.6 Å². The summed E-state index contributed by atoms with van der Waals surface area (Å²) in [6, 6.07) is 10.5. The maximum Gasteiger partial charge on any atom is 0.0410 e. The van der Waals surface area contributed by atoms with Crippen molar-refractivity contribution >= 4 is 34.2 Å². The number of benzene rings is 1. The fourth-order valence-corrected chi connectivity index (χ4v) is 3.24. The first kappa shape index (κ1) is 15.7. The molecule has 1 N–H and O–H groups in total. The Balaban J connectivity index is 2.38. The molecule has 0 amide bonds. The lowest BCUT2D eigenvalue weighted by molar-refractivity contribution is 0.477. The molecule has 2 aromatic rings. The van der Waals surface area contributed by atoms with Gasteiger partial charge in [-0.3, -0.25) is 4.98 Å². The molecule has 0 spiro atoms. The molecule has 1 aromatic carbocycles. The highest BCUT2D eigenvalue weighted by Crippen LogP contribution is 2.34. The van der Waals surface area contributed by atoms with Crippen LogP contribution in [0.4, 0.5) is 0 Å². The number of pyridine rings is 1. The monoisotopic (exact) mass is 400 g/mol. The summed E-state index contributed by atoms with van der Waals surface area (Å²) in [5.41, 5.74) is 2.53. The molecule has 1 heterocycles. The van der Waals surface area contributed by atoms with Gasteiger partial charge in [-0.1, -0.05) is 25.4 Å². The number of hydrogen-bond acceptors (Lipinski definition) is 2. The van der Waals surface area contributed by atoms with Crippen molar-refractivity contribution in [3.05, 3.63) is 62.4 Å². The van der Waals surface area contributed by atoms with E-state index in [0.29, 0.717) is 5.92 Å². The summed E-state index contributed by atoms with van der Waals surface area (Å²) in [6.45, 7) is 5.28. The summed E-state index contributed by atoms with van der Waals surface area (Å²) in [6.07, 6.45) is 3.69. The number of rotatable bonds is 5. The van der Waals surface area contributed by atoms with Crippen molar-refractivity contribution in [3.8, 4) is 0 Å². The molecule has 0 bridgehead atoms. The molecule has 0 fully saturated rings. The molecular formula is C16H18ClIN2. The molecule has 1 aromatic heterocycles. The zero-order chi connectivity index (χ0) is 14.5. The van der Waals surface area contributed by atoms with Gasteiger partial charge in [0.15, 0.2) is 0 Å². The van der Waals surface area contributed by atoms with E-state index in [2.05, 4.69) is 71.0 Å². The quantitative estimate of drug-likeness (QED) is 0.730. The number of halogens is 2. The minimum absolute atomic E-state index is 0.244. The topological polar surface area (TPSA) is 24.9 Å². The van der Waals surface area contributed by atoms with Crippen LogP contribution in [0.5, 0.6) is 0 Å². The minimum Gasteiger partial charge on any atom is -0.310 e. The number of hydrogen-bond donors (Lipinski definition) is 1. The molecule has 0 saturated heterocycles. The van der Waals surface area contributed by atoms with Gasteiger partial charge in [0.25, 0.3) is 0 Å². The largest absolute Gasteiger partial charge is 0.310 e. The van der Waals surface area contributed by atoms with E-state index >= 15 is 0 Å². The summed E-state index contributed by atoms with van der Waals surface area (Å²) >= 11 is 8.54. The Hall–Kier alpha value is -0.650. The highest BCUT2D eigenvalue weighted by Gasteiger charge is 2.22. The van der Waals surface area contributed by atoms with E-state index in [1.165, 1.54) is 14.7 Å². The summed E-state index contributed by atoms with van der Waals surface area (Å²) in [7, 11) is 0. The van der Waals surface area contributed by atoms with E-state index in [9.17, 15) is 0 Å². The van der Waals surface area contributed by atoms with Crippen LogP contribution in [0.1, 0.15) is 36.9 Å². The van der Waals surface area contributed by atoms with E-state index in [1.807, 2.05) is 18.5 Å². The standard InChI is InChI=1S/C16H18ClIN2/c1-3-20-16(11(2)12-6-8-19-9-7-12)14-10-13(17)4-5-15(14)18/h4-11,16,20H,3H2,1-2H3. The second-order valence-corrected chi connectivity index (χ2v) is 6.37. The highest BCUT2D eigenvalue weighted by atomic mass is 127. The van der Waals surface area contributed by atoms with Crippen molar-refractivity contribution in [2.45, 2.75) is 25.8 Å². The van der Waals surface area contributed by atoms with E-state index in [-0.39, 0.29) is 6.04 Å². The summed E-state index contributed by atoms with van der Waals surface area (Å²) < 4.78 is 1.24. The Bertz CT molecular complexity index is 560. The zero-order valence-electron chi connectivity index (χ0n) is 11.6. The van der Waals surface area contributed by atoms with Crippen molar-refractivity contribution in [1.29, 1.82) is 0 Å². The third-order valence-corrected chi connectivity index (χ3v) is 4.67. The van der Waals surface area contributed by atoms with Crippen LogP contribution in [-0.2, 0) is 0 Å². The van der Waals surface area contributed by atoms with Gasteiger partial charge in [-0.25, -0.2) is 0 Å². The first-order valence-electron chi connectivity index (χ1n) is 6.71. The van der Waals surface area contributed by atoms with Crippen molar-refractivity contribution in [1.82, 2.24) is 10.3 Å². The van der Waals surface area contributed by atoms with Gasteiger partial charge in [-0.15, -0.1) is 0 Å². The third kappa shape index (κ3) is 3.71. The second kappa shape index (κ2) is 7.38. The van der Waals surface area contributed by atoms with E-state index in [0.717, 1.165) is 11.6 Å². The number of nitrogens with zero attached hydrogens (tertiary/aromatic N) is 1. The summed E-state index contributed by atoms with van der Waals surface area (Å²) in [5, 5.41) is 4.36. The van der Waals surface area contributed by atoms with Crippen molar-refractivity contribution in [2.24, 2.45) is 0 Å². The predicted molar refractivity (Wildman–Crippen MR) is 93.2 cm³/mol. The average molecular weight is 401 g/mol. The Labute approximate surface area is 139 Å². The molecule has 4 heteroatoms. The van der Waals surface area contributed by atoms with Crippen LogP contribution in [0.3, 0.4) is 0 Å². The Morgan fingerprint density at radius 1 is 1.25 bits per heavy atom. The van der Waals surface area contributed by atoms with Gasteiger partial charge in [0.05, 0.1) is 0 Å². The number of aromatic nitrogens is 1. The van der Waals surface area contributed by atoms with Crippen LogP contribution in [0.2, 0.25) is 5.02 Å². The van der Waals surface area contributed by atoms with E-state index < -0.39 is 0 Å². The lowest BCUT2D eigenvalue weighted by Crippen LogP contribution is -2.26. The molecule has 2 unspecified atom stereocenters. The lowest BCUT2D eigenvalue weighted by atomic mass is 9.89. The fraction of sp³-hybridized carbons (Fsp3) is 0.312.